The maximum atomic E-state index is 5.94. The Bertz CT molecular complexity index is 726. The van der Waals surface area contributed by atoms with Gasteiger partial charge in [-0.15, -0.1) is 0 Å². The van der Waals surface area contributed by atoms with Gasteiger partial charge >= 0.3 is 0 Å². The number of hydrogen-bond acceptors (Lipinski definition) is 3. The van der Waals surface area contributed by atoms with Crippen LogP contribution in [0.25, 0.3) is 11.1 Å². The zero-order chi connectivity index (χ0) is 14.5. The number of benzene rings is 2. The summed E-state index contributed by atoms with van der Waals surface area (Å²) in [7, 11) is 0. The molecule has 0 saturated carbocycles. The molecule has 0 saturated heterocycles. The number of aromatic nitrogens is 1. The van der Waals surface area contributed by atoms with Crippen LogP contribution in [0.15, 0.2) is 72.9 Å². The quantitative estimate of drug-likeness (QED) is 0.786. The van der Waals surface area contributed by atoms with E-state index in [1.165, 1.54) is 0 Å². The Morgan fingerprint density at radius 1 is 0.857 bits per heavy atom. The van der Waals surface area contributed by atoms with E-state index in [1.54, 1.807) is 6.20 Å². The van der Waals surface area contributed by atoms with Gasteiger partial charge < -0.3 is 10.5 Å². The van der Waals surface area contributed by atoms with Gasteiger partial charge in [0.25, 0.3) is 0 Å². The van der Waals surface area contributed by atoms with E-state index < -0.39 is 0 Å². The van der Waals surface area contributed by atoms with Gasteiger partial charge in [0.2, 0.25) is 0 Å². The molecule has 1 aromatic heterocycles. The lowest BCUT2D eigenvalue weighted by atomic mass is 10.1. The molecule has 0 aliphatic heterocycles. The van der Waals surface area contributed by atoms with E-state index >= 15 is 0 Å². The predicted octanol–water partition coefficient (Wildman–Crippen LogP) is 3.91. The van der Waals surface area contributed by atoms with Crippen LogP contribution in [0.5, 0.6) is 5.75 Å². The summed E-state index contributed by atoms with van der Waals surface area (Å²) in [4.78, 5) is 4.07. The van der Waals surface area contributed by atoms with Crippen molar-refractivity contribution in [3.63, 3.8) is 0 Å². The number of anilines is 1. The summed E-state index contributed by atoms with van der Waals surface area (Å²) in [6.45, 7) is 0.406. The average Bonchev–Trinajstić information content (AvgIpc) is 2.55. The molecular formula is C18H16N2O. The third kappa shape index (κ3) is 3.03. The van der Waals surface area contributed by atoms with E-state index in [0.29, 0.717) is 12.4 Å². The van der Waals surface area contributed by atoms with Gasteiger partial charge in [0.05, 0.1) is 0 Å². The van der Waals surface area contributed by atoms with Crippen LogP contribution in [0.3, 0.4) is 0 Å². The summed E-state index contributed by atoms with van der Waals surface area (Å²) in [5, 5.41) is 0. The Morgan fingerprint density at radius 2 is 1.62 bits per heavy atom. The minimum absolute atomic E-state index is 0.406. The highest BCUT2D eigenvalue weighted by Gasteiger charge is 2.06. The number of nitrogens with zero attached hydrogens (tertiary/aromatic N) is 1. The molecule has 0 amide bonds. The monoisotopic (exact) mass is 276 g/mol. The van der Waals surface area contributed by atoms with Gasteiger partial charge in [-0.05, 0) is 17.7 Å². The van der Waals surface area contributed by atoms with Crippen LogP contribution < -0.4 is 10.5 Å². The highest BCUT2D eigenvalue weighted by Crippen LogP contribution is 2.30. The van der Waals surface area contributed by atoms with Crippen molar-refractivity contribution in [2.45, 2.75) is 6.61 Å². The maximum absolute atomic E-state index is 5.94. The number of nitrogens with two attached hydrogens (primary N) is 1. The van der Waals surface area contributed by atoms with E-state index in [0.717, 1.165) is 22.4 Å². The number of pyridine rings is 1. The Labute approximate surface area is 124 Å². The molecule has 0 unspecified atom stereocenters. The Hall–Kier alpha value is -2.81. The highest BCUT2D eigenvalue weighted by atomic mass is 16.5. The molecule has 2 aromatic carbocycles. The molecule has 3 heteroatoms. The van der Waals surface area contributed by atoms with Gasteiger partial charge in [-0.3, -0.25) is 0 Å². The summed E-state index contributed by atoms with van der Waals surface area (Å²) in [6, 6.07) is 22.0. The summed E-state index contributed by atoms with van der Waals surface area (Å²) >= 11 is 0. The summed E-state index contributed by atoms with van der Waals surface area (Å²) in [5.74, 6) is 1.35. The van der Waals surface area contributed by atoms with Gasteiger partial charge in [-0.25, -0.2) is 4.98 Å². The summed E-state index contributed by atoms with van der Waals surface area (Å²) in [5.41, 5.74) is 8.93. The van der Waals surface area contributed by atoms with Crippen LogP contribution >= 0.6 is 0 Å². The lowest BCUT2D eigenvalue weighted by molar-refractivity contribution is 0.308. The Morgan fingerprint density at radius 3 is 2.43 bits per heavy atom. The zero-order valence-electron chi connectivity index (χ0n) is 11.6. The molecule has 3 nitrogen and oxygen atoms in total. The first-order valence-corrected chi connectivity index (χ1v) is 6.81. The second kappa shape index (κ2) is 6.09. The minimum atomic E-state index is 0.406. The maximum Gasteiger partial charge on any atom is 0.129 e. The van der Waals surface area contributed by atoms with Crippen LogP contribution in [0.4, 0.5) is 5.82 Å². The van der Waals surface area contributed by atoms with Crippen molar-refractivity contribution in [2.75, 3.05) is 5.73 Å². The second-order valence-electron chi connectivity index (χ2n) is 4.70. The third-order valence-electron chi connectivity index (χ3n) is 3.28. The normalized spacial score (nSPS) is 10.3. The van der Waals surface area contributed by atoms with Gasteiger partial charge in [-0.1, -0.05) is 54.6 Å². The molecule has 0 aliphatic rings. The largest absolute Gasteiger partial charge is 0.488 e. The SMILES string of the molecule is Nc1ncccc1COc1ccccc1-c1ccccc1. The standard InChI is InChI=1S/C18H16N2O/c19-18-15(9-6-12-20-18)13-21-17-11-5-4-10-16(17)14-7-2-1-3-8-14/h1-12H,13H2,(H2,19,20). The van der Waals surface area contributed by atoms with Crippen LogP contribution in [0.1, 0.15) is 5.56 Å². The number of ether oxygens (including phenoxy) is 1. The molecule has 0 bridgehead atoms. The summed E-state index contributed by atoms with van der Waals surface area (Å²) in [6.07, 6.45) is 1.68. The first kappa shape index (κ1) is 13.2. The molecule has 1 heterocycles. The first-order chi connectivity index (χ1) is 10.3. The molecular weight excluding hydrogens is 260 g/mol. The van der Waals surface area contributed by atoms with Crippen molar-refractivity contribution in [3.05, 3.63) is 78.5 Å². The van der Waals surface area contributed by atoms with Crippen molar-refractivity contribution in [1.82, 2.24) is 4.98 Å². The molecule has 104 valence electrons. The Balaban J connectivity index is 1.85. The fraction of sp³-hybridized carbons (Fsp3) is 0.0556. The first-order valence-electron chi connectivity index (χ1n) is 6.81. The average molecular weight is 276 g/mol. The molecule has 0 aliphatic carbocycles. The van der Waals surface area contributed by atoms with Gasteiger partial charge in [0.1, 0.15) is 18.2 Å². The van der Waals surface area contributed by atoms with Gasteiger partial charge in [-0.2, -0.15) is 0 Å². The number of nitrogen functional groups attached to an aromatic ring is 1. The third-order valence-corrected chi connectivity index (χ3v) is 3.28. The van der Waals surface area contributed by atoms with E-state index in [9.17, 15) is 0 Å². The zero-order valence-corrected chi connectivity index (χ0v) is 11.6. The van der Waals surface area contributed by atoms with Gasteiger partial charge in [0, 0.05) is 17.3 Å². The van der Waals surface area contributed by atoms with E-state index in [4.69, 9.17) is 10.5 Å². The van der Waals surface area contributed by atoms with Crippen molar-refractivity contribution in [1.29, 1.82) is 0 Å². The molecule has 0 spiro atoms. The lowest BCUT2D eigenvalue weighted by Gasteiger charge is -2.12. The molecule has 0 atom stereocenters. The molecule has 0 fully saturated rings. The van der Waals surface area contributed by atoms with Crippen LogP contribution in [-0.2, 0) is 6.61 Å². The van der Waals surface area contributed by atoms with Crippen LogP contribution in [0, 0.1) is 0 Å². The van der Waals surface area contributed by atoms with Crippen molar-refractivity contribution in [2.24, 2.45) is 0 Å². The minimum Gasteiger partial charge on any atom is -0.488 e. The summed E-state index contributed by atoms with van der Waals surface area (Å²) < 4.78 is 5.94. The van der Waals surface area contributed by atoms with E-state index in [2.05, 4.69) is 23.2 Å². The second-order valence-corrected chi connectivity index (χ2v) is 4.70. The van der Waals surface area contributed by atoms with E-state index in [1.807, 2.05) is 48.5 Å². The number of hydrogen-bond donors (Lipinski definition) is 1. The predicted molar refractivity (Wildman–Crippen MR) is 84.9 cm³/mol. The molecule has 3 aromatic rings. The van der Waals surface area contributed by atoms with Crippen LogP contribution in [-0.4, -0.2) is 4.98 Å². The molecule has 2 N–H and O–H groups in total. The van der Waals surface area contributed by atoms with Gasteiger partial charge in [0.15, 0.2) is 0 Å². The molecule has 21 heavy (non-hydrogen) atoms. The molecule has 0 radical (unpaired) electrons. The van der Waals surface area contributed by atoms with Crippen molar-refractivity contribution < 1.29 is 4.74 Å². The van der Waals surface area contributed by atoms with Crippen molar-refractivity contribution in [3.8, 4) is 16.9 Å². The Kier molecular flexibility index (Phi) is 3.83. The lowest BCUT2D eigenvalue weighted by Crippen LogP contribution is -2.02. The fourth-order valence-electron chi connectivity index (χ4n) is 2.18. The fourth-order valence-corrected chi connectivity index (χ4v) is 2.18. The highest BCUT2D eigenvalue weighted by molar-refractivity contribution is 5.70. The van der Waals surface area contributed by atoms with Crippen LogP contribution in [0.2, 0.25) is 0 Å². The van der Waals surface area contributed by atoms with E-state index in [-0.39, 0.29) is 0 Å². The number of para-hydroxylation sites is 1. The number of rotatable bonds is 4. The smallest absolute Gasteiger partial charge is 0.129 e. The van der Waals surface area contributed by atoms with Crippen molar-refractivity contribution >= 4 is 5.82 Å². The molecule has 3 rings (SSSR count). The topological polar surface area (TPSA) is 48.1 Å².